The molecule has 9 nitrogen and oxygen atoms in total. The van der Waals surface area contributed by atoms with Crippen LogP contribution >= 0.6 is 0 Å². The zero-order valence-electron chi connectivity index (χ0n) is 17.2. The predicted octanol–water partition coefficient (Wildman–Crippen LogP) is 2.47. The van der Waals surface area contributed by atoms with E-state index in [1.807, 2.05) is 37.5 Å². The second-order valence-electron chi connectivity index (χ2n) is 7.24. The maximum Gasteiger partial charge on any atom is 0.203 e. The molecule has 0 fully saturated rings. The van der Waals surface area contributed by atoms with Gasteiger partial charge in [0.15, 0.2) is 5.82 Å². The Bertz CT molecular complexity index is 1420. The van der Waals surface area contributed by atoms with Crippen LogP contribution in [-0.2, 0) is 13.5 Å². The van der Waals surface area contributed by atoms with Gasteiger partial charge in [0.1, 0.15) is 17.7 Å². The standard InChI is InChI=1S/C23H18N8O/c1-30-14-20(13-28-30)31-6-5-22(32)21(29-31)8-16-3-2-4-17(7-16)23-26-11-19(12-27-23)18-9-24-15-25-10-18/h2-7,9-15H,8H2,1H3. The largest absolute Gasteiger partial charge is 0.288 e. The summed E-state index contributed by atoms with van der Waals surface area (Å²) in [4.78, 5) is 29.4. The molecular formula is C23H18N8O. The van der Waals surface area contributed by atoms with E-state index in [1.54, 1.807) is 46.5 Å². The van der Waals surface area contributed by atoms with Gasteiger partial charge in [0.2, 0.25) is 5.43 Å². The first-order valence-corrected chi connectivity index (χ1v) is 9.90. The summed E-state index contributed by atoms with van der Waals surface area (Å²) in [6.07, 6.45) is 14.0. The summed E-state index contributed by atoms with van der Waals surface area (Å²) in [5.41, 5.74) is 4.64. The summed E-state index contributed by atoms with van der Waals surface area (Å²) < 4.78 is 3.34. The number of hydrogen-bond acceptors (Lipinski definition) is 7. The molecular weight excluding hydrogens is 404 g/mol. The molecule has 0 spiro atoms. The second kappa shape index (κ2) is 8.31. The van der Waals surface area contributed by atoms with Crippen molar-refractivity contribution in [1.82, 2.24) is 39.5 Å². The predicted molar refractivity (Wildman–Crippen MR) is 118 cm³/mol. The fraction of sp³-hybridized carbons (Fsp3) is 0.0870. The van der Waals surface area contributed by atoms with Crippen LogP contribution in [0, 0.1) is 0 Å². The third-order valence-corrected chi connectivity index (χ3v) is 4.94. The maximum absolute atomic E-state index is 12.4. The van der Waals surface area contributed by atoms with Crippen LogP contribution in [0.3, 0.4) is 0 Å². The topological polar surface area (TPSA) is 104 Å². The van der Waals surface area contributed by atoms with Gasteiger partial charge < -0.3 is 0 Å². The average molecular weight is 422 g/mol. The van der Waals surface area contributed by atoms with E-state index in [1.165, 1.54) is 12.4 Å². The Morgan fingerprint density at radius 1 is 0.906 bits per heavy atom. The van der Waals surface area contributed by atoms with Gasteiger partial charge in [-0.15, -0.1) is 0 Å². The quantitative estimate of drug-likeness (QED) is 0.428. The van der Waals surface area contributed by atoms with Gasteiger partial charge >= 0.3 is 0 Å². The zero-order valence-corrected chi connectivity index (χ0v) is 17.2. The minimum atomic E-state index is -0.110. The fourth-order valence-corrected chi connectivity index (χ4v) is 3.33. The van der Waals surface area contributed by atoms with Crippen molar-refractivity contribution in [2.75, 3.05) is 0 Å². The number of nitrogens with zero attached hydrogens (tertiary/aromatic N) is 8. The Balaban J connectivity index is 1.41. The minimum Gasteiger partial charge on any atom is -0.288 e. The van der Waals surface area contributed by atoms with E-state index in [4.69, 9.17) is 0 Å². The van der Waals surface area contributed by atoms with Crippen molar-refractivity contribution in [3.8, 4) is 28.2 Å². The van der Waals surface area contributed by atoms with Crippen LogP contribution in [-0.4, -0.2) is 39.5 Å². The van der Waals surface area contributed by atoms with Crippen LogP contribution in [0.15, 0.2) is 84.8 Å². The van der Waals surface area contributed by atoms with Gasteiger partial charge in [-0.2, -0.15) is 10.2 Å². The molecule has 0 bridgehead atoms. The molecule has 0 aliphatic rings. The molecule has 4 aromatic heterocycles. The average Bonchev–Trinajstić information content (AvgIpc) is 3.28. The maximum atomic E-state index is 12.4. The van der Waals surface area contributed by atoms with Crippen molar-refractivity contribution in [3.63, 3.8) is 0 Å². The highest BCUT2D eigenvalue weighted by molar-refractivity contribution is 5.62. The fourth-order valence-electron chi connectivity index (χ4n) is 3.33. The van der Waals surface area contributed by atoms with Gasteiger partial charge in [-0.1, -0.05) is 18.2 Å². The van der Waals surface area contributed by atoms with Crippen molar-refractivity contribution in [1.29, 1.82) is 0 Å². The minimum absolute atomic E-state index is 0.110. The number of aromatic nitrogens is 8. The summed E-state index contributed by atoms with van der Waals surface area (Å²) >= 11 is 0. The Morgan fingerprint density at radius 3 is 2.44 bits per heavy atom. The van der Waals surface area contributed by atoms with E-state index in [2.05, 4.69) is 30.1 Å². The summed E-state index contributed by atoms with van der Waals surface area (Å²) in [7, 11) is 1.83. The first-order chi connectivity index (χ1) is 15.7. The molecule has 4 heterocycles. The lowest BCUT2D eigenvalue weighted by Crippen LogP contribution is -2.16. The van der Waals surface area contributed by atoms with Gasteiger partial charge in [-0.25, -0.2) is 24.6 Å². The molecule has 5 rings (SSSR count). The molecule has 156 valence electrons. The van der Waals surface area contributed by atoms with E-state index in [0.29, 0.717) is 17.9 Å². The Morgan fingerprint density at radius 2 is 1.69 bits per heavy atom. The molecule has 0 radical (unpaired) electrons. The number of aryl methyl sites for hydroxylation is 1. The van der Waals surface area contributed by atoms with Crippen LogP contribution in [0.25, 0.3) is 28.2 Å². The van der Waals surface area contributed by atoms with Gasteiger partial charge in [0.05, 0.1) is 12.4 Å². The Hall–Kier alpha value is -4.53. The summed E-state index contributed by atoms with van der Waals surface area (Å²) in [5, 5.41) is 8.66. The van der Waals surface area contributed by atoms with Crippen LogP contribution in [0.2, 0.25) is 0 Å². The van der Waals surface area contributed by atoms with Crippen molar-refractivity contribution in [3.05, 3.63) is 102 Å². The van der Waals surface area contributed by atoms with E-state index >= 15 is 0 Å². The van der Waals surface area contributed by atoms with E-state index in [-0.39, 0.29) is 5.43 Å². The lowest BCUT2D eigenvalue weighted by atomic mass is 10.1. The van der Waals surface area contributed by atoms with E-state index in [0.717, 1.165) is 27.9 Å². The highest BCUT2D eigenvalue weighted by atomic mass is 16.1. The zero-order chi connectivity index (χ0) is 21.9. The van der Waals surface area contributed by atoms with E-state index in [9.17, 15) is 4.79 Å². The smallest absolute Gasteiger partial charge is 0.203 e. The molecule has 32 heavy (non-hydrogen) atoms. The van der Waals surface area contributed by atoms with Gasteiger partial charge in [-0.3, -0.25) is 9.48 Å². The first-order valence-electron chi connectivity index (χ1n) is 9.90. The molecule has 0 aliphatic carbocycles. The van der Waals surface area contributed by atoms with Gasteiger partial charge in [0.25, 0.3) is 0 Å². The van der Waals surface area contributed by atoms with Crippen molar-refractivity contribution in [2.45, 2.75) is 6.42 Å². The molecule has 0 atom stereocenters. The number of rotatable bonds is 5. The highest BCUT2D eigenvalue weighted by Crippen LogP contribution is 2.20. The lowest BCUT2D eigenvalue weighted by Gasteiger charge is -2.07. The molecule has 0 unspecified atom stereocenters. The molecule has 9 heteroatoms. The van der Waals surface area contributed by atoms with Crippen LogP contribution in [0.1, 0.15) is 11.3 Å². The number of benzene rings is 1. The van der Waals surface area contributed by atoms with Crippen molar-refractivity contribution >= 4 is 0 Å². The lowest BCUT2D eigenvalue weighted by molar-refractivity contribution is 0.762. The first kappa shape index (κ1) is 19.4. The highest BCUT2D eigenvalue weighted by Gasteiger charge is 2.09. The normalized spacial score (nSPS) is 10.9. The molecule has 0 aliphatic heterocycles. The SMILES string of the molecule is Cn1cc(-n2ccc(=O)c(Cc3cccc(-c4ncc(-c5cncnc5)cn4)c3)n2)cn1. The summed E-state index contributed by atoms with van der Waals surface area (Å²) in [6, 6.07) is 9.32. The molecule has 0 amide bonds. The second-order valence-corrected chi connectivity index (χ2v) is 7.24. The Kier molecular flexibility index (Phi) is 5.04. The molecule has 0 saturated heterocycles. The van der Waals surface area contributed by atoms with Crippen LogP contribution in [0.4, 0.5) is 0 Å². The van der Waals surface area contributed by atoms with Crippen molar-refractivity contribution < 1.29 is 0 Å². The summed E-state index contributed by atoms with van der Waals surface area (Å²) in [6.45, 7) is 0. The van der Waals surface area contributed by atoms with Gasteiger partial charge in [0, 0.05) is 67.2 Å². The van der Waals surface area contributed by atoms with Crippen LogP contribution in [0.5, 0.6) is 0 Å². The molecule has 0 N–H and O–H groups in total. The Labute approximate surface area is 183 Å². The molecule has 5 aromatic rings. The molecule has 1 aromatic carbocycles. The third kappa shape index (κ3) is 4.04. The number of hydrogen-bond donors (Lipinski definition) is 0. The van der Waals surface area contributed by atoms with E-state index < -0.39 is 0 Å². The van der Waals surface area contributed by atoms with Crippen LogP contribution < -0.4 is 5.43 Å². The molecule has 0 saturated carbocycles. The van der Waals surface area contributed by atoms with Gasteiger partial charge in [-0.05, 0) is 11.6 Å². The third-order valence-electron chi connectivity index (χ3n) is 4.94. The monoisotopic (exact) mass is 422 g/mol. The summed E-state index contributed by atoms with van der Waals surface area (Å²) in [5.74, 6) is 0.598. The van der Waals surface area contributed by atoms with Crippen molar-refractivity contribution in [2.24, 2.45) is 7.05 Å².